The van der Waals surface area contributed by atoms with Gasteiger partial charge in [-0.15, -0.1) is 0 Å². The summed E-state index contributed by atoms with van der Waals surface area (Å²) in [6, 6.07) is 6.28. The van der Waals surface area contributed by atoms with Crippen LogP contribution in [0.3, 0.4) is 0 Å². The fourth-order valence-electron chi connectivity index (χ4n) is 2.88. The van der Waals surface area contributed by atoms with Crippen molar-refractivity contribution in [2.45, 2.75) is 23.8 Å². The third-order valence-corrected chi connectivity index (χ3v) is 6.06. The average molecular weight is 384 g/mol. The largest absolute Gasteiger partial charge is 0.322 e. The van der Waals surface area contributed by atoms with Crippen LogP contribution in [0.1, 0.15) is 12.8 Å². The van der Waals surface area contributed by atoms with Gasteiger partial charge in [-0.25, -0.2) is 21.6 Å². The van der Waals surface area contributed by atoms with E-state index in [1.54, 1.807) is 0 Å². The van der Waals surface area contributed by atoms with Crippen LogP contribution in [0, 0.1) is 17.5 Å². The number of hydrogen-bond acceptors (Lipinski definition) is 3. The summed E-state index contributed by atoms with van der Waals surface area (Å²) in [5, 5.41) is 2.21. The van der Waals surface area contributed by atoms with E-state index in [0.717, 1.165) is 34.6 Å². The SMILES string of the molecule is O=C(Nc1cc(F)ccc1F)[C@@H]1CCCN1S(=O)(=O)c1ccccc1F. The topological polar surface area (TPSA) is 66.5 Å². The van der Waals surface area contributed by atoms with Crippen molar-refractivity contribution < 1.29 is 26.4 Å². The van der Waals surface area contributed by atoms with Crippen LogP contribution in [0.2, 0.25) is 0 Å². The second-order valence-corrected chi connectivity index (χ2v) is 7.68. The quantitative estimate of drug-likeness (QED) is 0.882. The highest BCUT2D eigenvalue weighted by Crippen LogP contribution is 2.28. The minimum absolute atomic E-state index is 0.0282. The lowest BCUT2D eigenvalue weighted by atomic mass is 10.2. The summed E-state index contributed by atoms with van der Waals surface area (Å²) in [7, 11) is -4.24. The lowest BCUT2D eigenvalue weighted by Gasteiger charge is -2.23. The smallest absolute Gasteiger partial charge is 0.246 e. The number of benzene rings is 2. The molecule has 0 aliphatic carbocycles. The summed E-state index contributed by atoms with van der Waals surface area (Å²) in [5.41, 5.74) is -0.384. The van der Waals surface area contributed by atoms with Gasteiger partial charge in [0.1, 0.15) is 28.4 Å². The molecule has 1 heterocycles. The van der Waals surface area contributed by atoms with E-state index >= 15 is 0 Å². The molecule has 2 aromatic rings. The lowest BCUT2D eigenvalue weighted by Crippen LogP contribution is -2.43. The van der Waals surface area contributed by atoms with Gasteiger partial charge in [-0.05, 0) is 37.1 Å². The Morgan fingerprint density at radius 3 is 2.54 bits per heavy atom. The van der Waals surface area contributed by atoms with E-state index in [0.29, 0.717) is 6.42 Å². The van der Waals surface area contributed by atoms with Crippen molar-refractivity contribution in [1.82, 2.24) is 4.31 Å². The number of carbonyl (C=O) groups is 1. The van der Waals surface area contributed by atoms with E-state index in [1.165, 1.54) is 12.1 Å². The Morgan fingerprint density at radius 2 is 1.81 bits per heavy atom. The van der Waals surface area contributed by atoms with Crippen LogP contribution in [0.25, 0.3) is 0 Å². The molecule has 1 fully saturated rings. The molecule has 0 bridgehead atoms. The van der Waals surface area contributed by atoms with Crippen LogP contribution < -0.4 is 5.32 Å². The number of amides is 1. The number of halogens is 3. The summed E-state index contributed by atoms with van der Waals surface area (Å²) in [5.74, 6) is -3.31. The zero-order valence-corrected chi connectivity index (χ0v) is 14.3. The predicted molar refractivity (Wildman–Crippen MR) is 88.3 cm³/mol. The molecule has 0 spiro atoms. The van der Waals surface area contributed by atoms with Crippen molar-refractivity contribution in [3.05, 3.63) is 59.9 Å². The van der Waals surface area contributed by atoms with Gasteiger partial charge in [0.15, 0.2) is 0 Å². The highest BCUT2D eigenvalue weighted by molar-refractivity contribution is 7.89. The molecule has 9 heteroatoms. The van der Waals surface area contributed by atoms with E-state index < -0.39 is 44.3 Å². The standard InChI is InChI=1S/C17H15F3N2O3S/c18-11-7-8-12(19)14(10-11)21-17(23)15-5-3-9-22(15)26(24,25)16-6-2-1-4-13(16)20/h1-2,4,6-8,10,15H,3,5,9H2,(H,21,23)/t15-/m0/s1. The predicted octanol–water partition coefficient (Wildman–Crippen LogP) is 2.90. The van der Waals surface area contributed by atoms with Gasteiger partial charge < -0.3 is 5.32 Å². The first-order valence-electron chi connectivity index (χ1n) is 7.83. The van der Waals surface area contributed by atoms with E-state index in [4.69, 9.17) is 0 Å². The average Bonchev–Trinajstić information content (AvgIpc) is 3.09. The molecular weight excluding hydrogens is 369 g/mol. The van der Waals surface area contributed by atoms with Crippen molar-refractivity contribution in [2.24, 2.45) is 0 Å². The first-order valence-corrected chi connectivity index (χ1v) is 9.27. The zero-order valence-electron chi connectivity index (χ0n) is 13.5. The molecule has 1 N–H and O–H groups in total. The van der Waals surface area contributed by atoms with E-state index in [2.05, 4.69) is 5.32 Å². The Morgan fingerprint density at radius 1 is 1.08 bits per heavy atom. The zero-order chi connectivity index (χ0) is 18.9. The van der Waals surface area contributed by atoms with Crippen LogP contribution in [0.5, 0.6) is 0 Å². The Kier molecular flexibility index (Phi) is 5.01. The Bertz CT molecular complexity index is 950. The summed E-state index contributed by atoms with van der Waals surface area (Å²) >= 11 is 0. The molecule has 1 amide bonds. The second kappa shape index (κ2) is 7.08. The number of nitrogens with zero attached hydrogens (tertiary/aromatic N) is 1. The fraction of sp³-hybridized carbons (Fsp3) is 0.235. The van der Waals surface area contributed by atoms with E-state index in [-0.39, 0.29) is 18.7 Å². The third kappa shape index (κ3) is 3.45. The summed E-state index contributed by atoms with van der Waals surface area (Å²) in [6.45, 7) is 0.0282. The molecule has 5 nitrogen and oxygen atoms in total. The molecule has 0 unspecified atom stereocenters. The van der Waals surface area contributed by atoms with E-state index in [9.17, 15) is 26.4 Å². The van der Waals surface area contributed by atoms with Gasteiger partial charge >= 0.3 is 0 Å². The van der Waals surface area contributed by atoms with Crippen LogP contribution in [0.15, 0.2) is 47.4 Å². The molecule has 26 heavy (non-hydrogen) atoms. The first kappa shape index (κ1) is 18.4. The molecule has 1 atom stereocenters. The summed E-state index contributed by atoms with van der Waals surface area (Å²) in [6.07, 6.45) is 0.577. The minimum atomic E-state index is -4.24. The number of carbonyl (C=O) groups excluding carboxylic acids is 1. The molecule has 2 aromatic carbocycles. The minimum Gasteiger partial charge on any atom is -0.322 e. The fourth-order valence-corrected chi connectivity index (χ4v) is 4.60. The number of nitrogens with one attached hydrogen (secondary N) is 1. The first-order chi connectivity index (χ1) is 12.3. The Balaban J connectivity index is 1.87. The monoisotopic (exact) mass is 384 g/mol. The van der Waals surface area contributed by atoms with Crippen LogP contribution in [-0.2, 0) is 14.8 Å². The molecule has 0 saturated carbocycles. The molecule has 138 valence electrons. The highest BCUT2D eigenvalue weighted by Gasteiger charge is 2.40. The number of sulfonamides is 1. The van der Waals surface area contributed by atoms with E-state index in [1.807, 2.05) is 0 Å². The van der Waals surface area contributed by atoms with Gasteiger partial charge in [0.25, 0.3) is 0 Å². The van der Waals surface area contributed by atoms with Gasteiger partial charge in [-0.2, -0.15) is 4.31 Å². The van der Waals surface area contributed by atoms with Gasteiger partial charge in [-0.1, -0.05) is 12.1 Å². The Hall–Kier alpha value is -2.39. The maximum atomic E-state index is 13.9. The maximum Gasteiger partial charge on any atom is 0.246 e. The normalized spacial score (nSPS) is 18.0. The van der Waals surface area contributed by atoms with Gasteiger partial charge in [0.05, 0.1) is 5.69 Å². The molecule has 0 aromatic heterocycles. The van der Waals surface area contributed by atoms with Gasteiger partial charge in [-0.3, -0.25) is 4.79 Å². The highest BCUT2D eigenvalue weighted by atomic mass is 32.2. The molecule has 1 aliphatic rings. The molecule has 1 aliphatic heterocycles. The van der Waals surface area contributed by atoms with Crippen molar-refractivity contribution in [3.63, 3.8) is 0 Å². The Labute approximate surface area is 148 Å². The number of hydrogen-bond donors (Lipinski definition) is 1. The van der Waals surface area contributed by atoms with Crippen molar-refractivity contribution in [2.75, 3.05) is 11.9 Å². The van der Waals surface area contributed by atoms with Crippen molar-refractivity contribution >= 4 is 21.6 Å². The third-order valence-electron chi connectivity index (χ3n) is 4.12. The molecule has 0 radical (unpaired) electrons. The van der Waals surface area contributed by atoms with Crippen molar-refractivity contribution in [3.8, 4) is 0 Å². The molecule has 3 rings (SSSR count). The lowest BCUT2D eigenvalue weighted by molar-refractivity contribution is -0.119. The second-order valence-electron chi connectivity index (χ2n) is 5.82. The van der Waals surface area contributed by atoms with Crippen molar-refractivity contribution in [1.29, 1.82) is 0 Å². The summed E-state index contributed by atoms with van der Waals surface area (Å²) < 4.78 is 67.2. The van der Waals surface area contributed by atoms with Crippen LogP contribution in [0.4, 0.5) is 18.9 Å². The maximum absolute atomic E-state index is 13.9. The molecular formula is C17H15F3N2O3S. The number of anilines is 1. The van der Waals surface area contributed by atoms with Gasteiger partial charge in [0.2, 0.25) is 15.9 Å². The molecule has 1 saturated heterocycles. The van der Waals surface area contributed by atoms with Crippen LogP contribution >= 0.6 is 0 Å². The van der Waals surface area contributed by atoms with Crippen LogP contribution in [-0.4, -0.2) is 31.2 Å². The summed E-state index contributed by atoms with van der Waals surface area (Å²) in [4.78, 5) is 11.9. The van der Waals surface area contributed by atoms with Gasteiger partial charge in [0, 0.05) is 12.6 Å². The number of rotatable bonds is 4.